The zero-order valence-corrected chi connectivity index (χ0v) is 19.5. The standard InChI is InChI=1S/C23H24ClF2N5O3/c1-22(20(32)30-12-23(25,26)13-30)5-3-7-31(22)16-9-17-19(18(10-16)33-2)34-21(29-17)28-11-15-8-14(24)4-6-27-15/h4,6,8-10H,3,5,7,11-13H2,1-2H3,(H,28,29). The highest BCUT2D eigenvalue weighted by Crippen LogP contribution is 2.41. The van der Waals surface area contributed by atoms with Gasteiger partial charge in [-0.15, -0.1) is 0 Å². The summed E-state index contributed by atoms with van der Waals surface area (Å²) in [6.45, 7) is 1.73. The Balaban J connectivity index is 1.41. The summed E-state index contributed by atoms with van der Waals surface area (Å²) in [5.74, 6) is -2.62. The van der Waals surface area contributed by atoms with E-state index in [1.54, 1.807) is 24.4 Å². The van der Waals surface area contributed by atoms with Crippen LogP contribution in [-0.2, 0) is 11.3 Å². The van der Waals surface area contributed by atoms with E-state index < -0.39 is 24.6 Å². The second-order valence-corrected chi connectivity index (χ2v) is 9.32. The molecule has 1 aromatic carbocycles. The quantitative estimate of drug-likeness (QED) is 0.549. The van der Waals surface area contributed by atoms with Crippen molar-refractivity contribution in [3.63, 3.8) is 0 Å². The Bertz CT molecular complexity index is 1240. The van der Waals surface area contributed by atoms with E-state index in [1.807, 2.05) is 17.9 Å². The number of aromatic nitrogens is 2. The number of nitrogens with one attached hydrogen (secondary N) is 1. The number of alkyl halides is 2. The highest BCUT2D eigenvalue weighted by Gasteiger charge is 2.53. The second kappa shape index (κ2) is 8.26. The summed E-state index contributed by atoms with van der Waals surface area (Å²) in [6, 6.07) is 7.34. The molecule has 1 atom stereocenters. The molecule has 2 fully saturated rings. The Kier molecular flexibility index (Phi) is 5.50. The number of hydrogen-bond donors (Lipinski definition) is 1. The van der Waals surface area contributed by atoms with E-state index in [2.05, 4.69) is 15.3 Å². The van der Waals surface area contributed by atoms with E-state index in [-0.39, 0.29) is 11.9 Å². The van der Waals surface area contributed by atoms with Crippen LogP contribution in [0, 0.1) is 0 Å². The molecule has 5 rings (SSSR count). The average molecular weight is 492 g/mol. The van der Waals surface area contributed by atoms with Gasteiger partial charge >= 0.3 is 0 Å². The van der Waals surface area contributed by atoms with E-state index in [9.17, 15) is 13.6 Å². The molecule has 1 N–H and O–H groups in total. The Labute approximate surface area is 199 Å². The molecule has 2 aromatic heterocycles. The van der Waals surface area contributed by atoms with Crippen LogP contribution in [0.2, 0.25) is 5.02 Å². The number of pyridine rings is 1. The number of benzene rings is 1. The van der Waals surface area contributed by atoms with Gasteiger partial charge in [0.05, 0.1) is 32.4 Å². The van der Waals surface area contributed by atoms with Gasteiger partial charge in [0, 0.05) is 29.5 Å². The lowest BCUT2D eigenvalue weighted by molar-refractivity contribution is -0.170. The number of carbonyl (C=O) groups is 1. The zero-order chi connectivity index (χ0) is 24.1. The minimum atomic E-state index is -2.80. The lowest BCUT2D eigenvalue weighted by atomic mass is 9.94. The van der Waals surface area contributed by atoms with Crippen molar-refractivity contribution in [2.75, 3.05) is 37.0 Å². The van der Waals surface area contributed by atoms with Crippen LogP contribution < -0.4 is 15.0 Å². The van der Waals surface area contributed by atoms with Gasteiger partial charge in [0.25, 0.3) is 11.9 Å². The minimum absolute atomic E-state index is 0.286. The molecule has 2 aliphatic rings. The molecule has 4 heterocycles. The SMILES string of the molecule is COc1cc(N2CCCC2(C)C(=O)N2CC(F)(F)C2)cc2nc(NCc3cc(Cl)ccn3)oc12. The summed E-state index contributed by atoms with van der Waals surface area (Å²) in [5.41, 5.74) is 1.54. The van der Waals surface area contributed by atoms with Crippen LogP contribution in [0.1, 0.15) is 25.5 Å². The van der Waals surface area contributed by atoms with Gasteiger partial charge in [-0.25, -0.2) is 8.78 Å². The Morgan fingerprint density at radius 1 is 1.32 bits per heavy atom. The van der Waals surface area contributed by atoms with Gasteiger partial charge in [-0.05, 0) is 38.0 Å². The number of carbonyl (C=O) groups excluding carboxylic acids is 1. The number of methoxy groups -OCH3 is 1. The van der Waals surface area contributed by atoms with Crippen molar-refractivity contribution < 1.29 is 22.7 Å². The molecule has 2 aliphatic heterocycles. The lowest BCUT2D eigenvalue weighted by Crippen LogP contribution is -2.65. The van der Waals surface area contributed by atoms with Crippen LogP contribution in [0.15, 0.2) is 34.9 Å². The van der Waals surface area contributed by atoms with E-state index in [1.165, 1.54) is 12.0 Å². The van der Waals surface area contributed by atoms with Crippen molar-refractivity contribution in [1.29, 1.82) is 0 Å². The zero-order valence-electron chi connectivity index (χ0n) is 18.8. The lowest BCUT2D eigenvalue weighted by Gasteiger charge is -2.45. The first-order valence-corrected chi connectivity index (χ1v) is 11.3. The number of anilines is 2. The monoisotopic (exact) mass is 491 g/mol. The maximum Gasteiger partial charge on any atom is 0.296 e. The molecular formula is C23H24ClF2N5O3. The van der Waals surface area contributed by atoms with Crippen molar-refractivity contribution in [2.24, 2.45) is 0 Å². The third-order valence-electron chi connectivity index (χ3n) is 6.41. The molecule has 34 heavy (non-hydrogen) atoms. The minimum Gasteiger partial charge on any atom is -0.493 e. The van der Waals surface area contributed by atoms with Gasteiger partial charge in [-0.2, -0.15) is 4.98 Å². The smallest absolute Gasteiger partial charge is 0.296 e. The molecule has 11 heteroatoms. The second-order valence-electron chi connectivity index (χ2n) is 8.88. The summed E-state index contributed by atoms with van der Waals surface area (Å²) >= 11 is 6.01. The van der Waals surface area contributed by atoms with E-state index in [0.29, 0.717) is 41.4 Å². The Morgan fingerprint density at radius 3 is 2.82 bits per heavy atom. The third kappa shape index (κ3) is 4.00. The first kappa shape index (κ1) is 22.6. The maximum atomic E-state index is 13.4. The number of ether oxygens (including phenoxy) is 1. The predicted octanol–water partition coefficient (Wildman–Crippen LogP) is 4.33. The first-order valence-electron chi connectivity index (χ1n) is 11.0. The fraction of sp³-hybridized carbons (Fsp3) is 0.435. The number of halogens is 3. The van der Waals surface area contributed by atoms with Gasteiger partial charge < -0.3 is 24.3 Å². The fourth-order valence-corrected chi connectivity index (χ4v) is 4.86. The Morgan fingerprint density at radius 2 is 2.12 bits per heavy atom. The number of fused-ring (bicyclic) bond motifs is 1. The molecule has 1 amide bonds. The van der Waals surface area contributed by atoms with Gasteiger partial charge in [-0.3, -0.25) is 9.78 Å². The molecule has 0 radical (unpaired) electrons. The van der Waals surface area contributed by atoms with E-state index >= 15 is 0 Å². The molecule has 0 saturated carbocycles. The highest BCUT2D eigenvalue weighted by molar-refractivity contribution is 6.30. The fourth-order valence-electron chi connectivity index (χ4n) is 4.68. The summed E-state index contributed by atoms with van der Waals surface area (Å²) in [5, 5.41) is 3.67. The van der Waals surface area contributed by atoms with Crippen LogP contribution >= 0.6 is 11.6 Å². The van der Waals surface area contributed by atoms with Gasteiger partial charge in [-0.1, -0.05) is 11.6 Å². The predicted molar refractivity (Wildman–Crippen MR) is 124 cm³/mol. The number of oxazole rings is 1. The van der Waals surface area contributed by atoms with E-state index in [4.69, 9.17) is 20.8 Å². The topological polar surface area (TPSA) is 83.7 Å². The number of nitrogens with zero attached hydrogens (tertiary/aromatic N) is 4. The molecular weight excluding hydrogens is 468 g/mol. The third-order valence-corrected chi connectivity index (χ3v) is 6.64. The maximum absolute atomic E-state index is 13.4. The highest BCUT2D eigenvalue weighted by atomic mass is 35.5. The molecule has 2 saturated heterocycles. The average Bonchev–Trinajstić information content (AvgIpc) is 3.38. The molecule has 0 aliphatic carbocycles. The number of rotatable bonds is 6. The molecule has 3 aromatic rings. The van der Waals surface area contributed by atoms with Gasteiger partial charge in [0.15, 0.2) is 11.3 Å². The molecule has 1 unspecified atom stereocenters. The number of likely N-dealkylation sites (tertiary alicyclic amines) is 1. The molecule has 0 spiro atoms. The van der Waals surface area contributed by atoms with E-state index in [0.717, 1.165) is 17.8 Å². The summed E-state index contributed by atoms with van der Waals surface area (Å²) < 4.78 is 38.2. The van der Waals surface area contributed by atoms with Crippen molar-refractivity contribution in [3.8, 4) is 5.75 Å². The summed E-state index contributed by atoms with van der Waals surface area (Å²) in [7, 11) is 1.53. The van der Waals surface area contributed by atoms with Crippen molar-refractivity contribution in [2.45, 2.75) is 37.8 Å². The normalized spacial score (nSPS) is 21.6. The molecule has 0 bridgehead atoms. The van der Waals surface area contributed by atoms with Crippen LogP contribution in [0.5, 0.6) is 5.75 Å². The number of amides is 1. The summed E-state index contributed by atoms with van der Waals surface area (Å²) in [6.07, 6.45) is 2.97. The van der Waals surface area contributed by atoms with Crippen LogP contribution in [0.4, 0.5) is 20.5 Å². The van der Waals surface area contributed by atoms with Gasteiger partial charge in [0.1, 0.15) is 11.1 Å². The molecule has 8 nitrogen and oxygen atoms in total. The van der Waals surface area contributed by atoms with Gasteiger partial charge in [0.2, 0.25) is 5.91 Å². The first-order chi connectivity index (χ1) is 16.2. The molecule has 180 valence electrons. The van der Waals surface area contributed by atoms with Crippen molar-refractivity contribution >= 4 is 40.3 Å². The van der Waals surface area contributed by atoms with Crippen LogP contribution in [0.25, 0.3) is 11.1 Å². The van der Waals surface area contributed by atoms with Crippen LogP contribution in [0.3, 0.4) is 0 Å². The van der Waals surface area contributed by atoms with Crippen molar-refractivity contribution in [3.05, 3.63) is 41.2 Å². The van der Waals surface area contributed by atoms with Crippen LogP contribution in [-0.4, -0.2) is 59.0 Å². The Hall–Kier alpha value is -3.14. The summed E-state index contributed by atoms with van der Waals surface area (Å²) in [4.78, 5) is 25.1. The number of hydrogen-bond acceptors (Lipinski definition) is 7. The largest absolute Gasteiger partial charge is 0.493 e. The van der Waals surface area contributed by atoms with Crippen molar-refractivity contribution in [1.82, 2.24) is 14.9 Å².